The number of carbonyl (C=O) groups excluding carboxylic acids is 1. The van der Waals surface area contributed by atoms with Gasteiger partial charge in [0.1, 0.15) is 5.69 Å². The van der Waals surface area contributed by atoms with Crippen LogP contribution < -0.4 is 14.8 Å². The largest absolute Gasteiger partial charge is 0.454 e. The summed E-state index contributed by atoms with van der Waals surface area (Å²) in [6, 6.07) is 8.96. The highest BCUT2D eigenvalue weighted by molar-refractivity contribution is 6.12. The second-order valence-electron chi connectivity index (χ2n) is 7.42. The van der Waals surface area contributed by atoms with Gasteiger partial charge in [-0.25, -0.2) is 4.98 Å². The van der Waals surface area contributed by atoms with E-state index in [2.05, 4.69) is 20.6 Å². The number of benzene rings is 1. The van der Waals surface area contributed by atoms with E-state index in [0.29, 0.717) is 45.5 Å². The average Bonchev–Trinajstić information content (AvgIpc) is 3.14. The smallest absolute Gasteiger partial charge is 0.259 e. The number of nitrogens with zero attached hydrogens (tertiary/aromatic N) is 3. The molecule has 0 unspecified atom stereocenters. The van der Waals surface area contributed by atoms with Crippen molar-refractivity contribution in [1.82, 2.24) is 15.3 Å². The van der Waals surface area contributed by atoms with Crippen LogP contribution in [0.2, 0.25) is 0 Å². The van der Waals surface area contributed by atoms with Crippen LogP contribution in [0.5, 0.6) is 11.5 Å². The monoisotopic (exact) mass is 404 g/mol. The van der Waals surface area contributed by atoms with E-state index in [1.807, 2.05) is 24.3 Å². The van der Waals surface area contributed by atoms with Gasteiger partial charge in [-0.2, -0.15) is 0 Å². The zero-order valence-electron chi connectivity index (χ0n) is 16.0. The van der Waals surface area contributed by atoms with Crippen LogP contribution in [0.1, 0.15) is 40.5 Å². The molecule has 1 aliphatic carbocycles. The molecule has 3 aromatic heterocycles. The summed E-state index contributed by atoms with van der Waals surface area (Å²) in [7, 11) is 0. The zero-order chi connectivity index (χ0) is 20.2. The Labute approximate surface area is 169 Å². The molecule has 2 aliphatic rings. The molecule has 1 aliphatic heterocycles. The summed E-state index contributed by atoms with van der Waals surface area (Å²) in [4.78, 5) is 17.6. The fraction of sp³-hybridized carbons (Fsp3) is 0.238. The van der Waals surface area contributed by atoms with Gasteiger partial charge in [0.05, 0.1) is 16.6 Å². The van der Waals surface area contributed by atoms with Crippen molar-refractivity contribution in [2.75, 3.05) is 12.1 Å². The molecule has 1 amide bonds. The Morgan fingerprint density at radius 3 is 2.80 bits per heavy atom. The molecule has 0 spiro atoms. The molecule has 6 rings (SSSR count). The molecule has 9 heteroatoms. The third-order valence-corrected chi connectivity index (χ3v) is 5.29. The quantitative estimate of drug-likeness (QED) is 0.542. The summed E-state index contributed by atoms with van der Waals surface area (Å²) in [6.45, 7) is 1.98. The van der Waals surface area contributed by atoms with Crippen molar-refractivity contribution in [2.24, 2.45) is 0 Å². The molecule has 0 atom stereocenters. The first-order chi connectivity index (χ1) is 14.7. The second kappa shape index (κ2) is 6.31. The summed E-state index contributed by atoms with van der Waals surface area (Å²) < 4.78 is 21.4. The fourth-order valence-corrected chi connectivity index (χ4v) is 3.59. The summed E-state index contributed by atoms with van der Waals surface area (Å²) in [5.74, 6) is 1.61. The lowest BCUT2D eigenvalue weighted by Gasteiger charge is -2.05. The van der Waals surface area contributed by atoms with E-state index in [4.69, 9.17) is 18.5 Å². The minimum absolute atomic E-state index is 0.199. The van der Waals surface area contributed by atoms with Crippen molar-refractivity contribution in [3.63, 3.8) is 0 Å². The molecule has 9 nitrogen and oxygen atoms in total. The highest BCUT2D eigenvalue weighted by Gasteiger charge is 2.29. The summed E-state index contributed by atoms with van der Waals surface area (Å²) in [5, 5.41) is 11.4. The maximum atomic E-state index is 13.0. The Bertz CT molecular complexity index is 1300. The fourth-order valence-electron chi connectivity index (χ4n) is 3.59. The van der Waals surface area contributed by atoms with Crippen molar-refractivity contribution < 1.29 is 23.3 Å². The molecule has 1 aromatic carbocycles. The lowest BCUT2D eigenvalue weighted by atomic mass is 10.1. The second-order valence-corrected chi connectivity index (χ2v) is 7.42. The number of rotatable bonds is 4. The summed E-state index contributed by atoms with van der Waals surface area (Å²) in [5.41, 5.74) is 3.66. The first kappa shape index (κ1) is 17.0. The molecule has 4 heterocycles. The summed E-state index contributed by atoms with van der Waals surface area (Å²) >= 11 is 0. The number of anilines is 1. The number of aromatic nitrogens is 3. The molecule has 30 heavy (non-hydrogen) atoms. The van der Waals surface area contributed by atoms with Gasteiger partial charge in [-0.3, -0.25) is 10.1 Å². The lowest BCUT2D eigenvalue weighted by molar-refractivity contribution is 0.102. The Morgan fingerprint density at radius 1 is 1.07 bits per heavy atom. The van der Waals surface area contributed by atoms with Crippen LogP contribution in [-0.2, 0) is 0 Å². The zero-order valence-corrected chi connectivity index (χ0v) is 16.0. The van der Waals surface area contributed by atoms with Crippen molar-refractivity contribution in [1.29, 1.82) is 0 Å². The van der Waals surface area contributed by atoms with Crippen molar-refractivity contribution in [2.45, 2.75) is 25.7 Å². The molecule has 1 N–H and O–H groups in total. The van der Waals surface area contributed by atoms with Crippen molar-refractivity contribution >= 4 is 22.9 Å². The first-order valence-electron chi connectivity index (χ1n) is 9.61. The van der Waals surface area contributed by atoms with Crippen LogP contribution >= 0.6 is 0 Å². The molecule has 1 fully saturated rings. The van der Waals surface area contributed by atoms with Crippen LogP contribution in [0.25, 0.3) is 22.4 Å². The van der Waals surface area contributed by atoms with Gasteiger partial charge < -0.3 is 18.5 Å². The van der Waals surface area contributed by atoms with Gasteiger partial charge in [-0.15, -0.1) is 0 Å². The highest BCUT2D eigenvalue weighted by atomic mass is 16.7. The number of pyridine rings is 1. The Morgan fingerprint density at radius 2 is 1.93 bits per heavy atom. The van der Waals surface area contributed by atoms with Gasteiger partial charge in [-0.1, -0.05) is 10.3 Å². The minimum Gasteiger partial charge on any atom is -0.454 e. The molecule has 4 aromatic rings. The van der Waals surface area contributed by atoms with Crippen molar-refractivity contribution in [3.05, 3.63) is 47.3 Å². The molecular formula is C21H16N4O5. The lowest BCUT2D eigenvalue weighted by Crippen LogP contribution is -2.13. The number of aryl methyl sites for hydroxylation is 1. The van der Waals surface area contributed by atoms with Crippen LogP contribution in [-0.4, -0.2) is 28.0 Å². The van der Waals surface area contributed by atoms with E-state index < -0.39 is 0 Å². The highest BCUT2D eigenvalue weighted by Crippen LogP contribution is 2.41. The maximum Gasteiger partial charge on any atom is 0.259 e. The standard InChI is InChI=1S/C21H16N4O5/c1-10-19-13(7-14(11-2-3-11)22-21(19)30-24-10)20(26)23-18-8-15(25-29-18)12-4-5-16-17(6-12)28-9-27-16/h4-8,11H,2-3,9H2,1H3,(H,23,26). The Hall–Kier alpha value is -3.88. The topological polar surface area (TPSA) is 113 Å². The van der Waals surface area contributed by atoms with E-state index >= 15 is 0 Å². The average molecular weight is 404 g/mol. The minimum atomic E-state index is -0.330. The van der Waals surface area contributed by atoms with Crippen molar-refractivity contribution in [3.8, 4) is 22.8 Å². The van der Waals surface area contributed by atoms with E-state index in [9.17, 15) is 4.79 Å². The van der Waals surface area contributed by atoms with Gasteiger partial charge in [0.2, 0.25) is 12.7 Å². The maximum absolute atomic E-state index is 13.0. The predicted octanol–water partition coefficient (Wildman–Crippen LogP) is 4.04. The van der Waals surface area contributed by atoms with Crippen LogP contribution in [0.15, 0.2) is 39.4 Å². The molecule has 1 saturated carbocycles. The number of ether oxygens (including phenoxy) is 2. The number of fused-ring (bicyclic) bond motifs is 2. The van der Waals surface area contributed by atoms with E-state index in [0.717, 1.165) is 24.1 Å². The number of hydrogen-bond acceptors (Lipinski definition) is 8. The van der Waals surface area contributed by atoms with E-state index in [-0.39, 0.29) is 18.6 Å². The molecule has 0 saturated heterocycles. The SMILES string of the molecule is Cc1noc2nc(C3CC3)cc(C(=O)Nc3cc(-c4ccc5c(c4)OCO5)no3)c12. The van der Waals surface area contributed by atoms with Crippen LogP contribution in [0.3, 0.4) is 0 Å². The third kappa shape index (κ3) is 2.78. The van der Waals surface area contributed by atoms with Crippen LogP contribution in [0.4, 0.5) is 5.88 Å². The number of amides is 1. The molecule has 0 bridgehead atoms. The first-order valence-corrected chi connectivity index (χ1v) is 9.61. The van der Waals surface area contributed by atoms with Gasteiger partial charge in [0.25, 0.3) is 11.6 Å². The number of carbonyl (C=O) groups is 1. The number of nitrogens with one attached hydrogen (secondary N) is 1. The molecule has 150 valence electrons. The predicted molar refractivity (Wildman–Crippen MR) is 105 cm³/mol. The Balaban J connectivity index is 1.30. The third-order valence-electron chi connectivity index (χ3n) is 5.29. The van der Waals surface area contributed by atoms with E-state index in [1.54, 1.807) is 13.0 Å². The molecule has 0 radical (unpaired) electrons. The van der Waals surface area contributed by atoms with Crippen LogP contribution in [0, 0.1) is 6.92 Å². The number of hydrogen-bond donors (Lipinski definition) is 1. The molecular weight excluding hydrogens is 388 g/mol. The van der Waals surface area contributed by atoms with Gasteiger partial charge in [0.15, 0.2) is 11.5 Å². The van der Waals surface area contributed by atoms with E-state index in [1.165, 1.54) is 0 Å². The van der Waals surface area contributed by atoms with Gasteiger partial charge >= 0.3 is 0 Å². The Kier molecular flexibility index (Phi) is 3.58. The van der Waals surface area contributed by atoms with Gasteiger partial charge in [0, 0.05) is 23.2 Å². The normalized spacial score (nSPS) is 15.0. The van der Waals surface area contributed by atoms with Gasteiger partial charge in [-0.05, 0) is 44.0 Å². The summed E-state index contributed by atoms with van der Waals surface area (Å²) in [6.07, 6.45) is 2.13.